The van der Waals surface area contributed by atoms with Gasteiger partial charge in [-0.1, -0.05) is 18.2 Å². The van der Waals surface area contributed by atoms with Gasteiger partial charge in [0.2, 0.25) is 0 Å². The molecule has 0 bridgehead atoms. The van der Waals surface area contributed by atoms with Gasteiger partial charge in [-0.3, -0.25) is 14.6 Å². The summed E-state index contributed by atoms with van der Waals surface area (Å²) >= 11 is 0. The Hall–Kier alpha value is -4.53. The van der Waals surface area contributed by atoms with E-state index in [1.165, 1.54) is 18.6 Å². The van der Waals surface area contributed by atoms with E-state index in [0.29, 0.717) is 67.8 Å². The minimum Gasteiger partial charge on any atom is -0.486 e. The van der Waals surface area contributed by atoms with Crippen molar-refractivity contribution in [1.29, 1.82) is 0 Å². The molecule has 2 aliphatic heterocycles. The summed E-state index contributed by atoms with van der Waals surface area (Å²) in [6.07, 6.45) is 4.49. The Kier molecular flexibility index (Phi) is 5.65. The van der Waals surface area contributed by atoms with Gasteiger partial charge in [0, 0.05) is 49.5 Å². The predicted molar refractivity (Wildman–Crippen MR) is 132 cm³/mol. The van der Waals surface area contributed by atoms with Gasteiger partial charge in [-0.25, -0.2) is 9.97 Å². The molecule has 2 aromatic heterocycles. The molecule has 2 amide bonds. The van der Waals surface area contributed by atoms with E-state index in [4.69, 9.17) is 14.5 Å². The van der Waals surface area contributed by atoms with Crippen LogP contribution in [0.3, 0.4) is 0 Å². The zero-order valence-electron chi connectivity index (χ0n) is 19.5. The molecule has 0 spiro atoms. The van der Waals surface area contributed by atoms with Gasteiger partial charge < -0.3 is 19.3 Å². The first-order valence-corrected chi connectivity index (χ1v) is 11.8. The Bertz CT molecular complexity index is 1450. The zero-order valence-corrected chi connectivity index (χ0v) is 19.5. The highest BCUT2D eigenvalue weighted by molar-refractivity contribution is 6.07. The summed E-state index contributed by atoms with van der Waals surface area (Å²) in [4.78, 5) is 42.8. The lowest BCUT2D eigenvalue weighted by molar-refractivity contribution is 0.0533. The molecule has 4 aromatic rings. The van der Waals surface area contributed by atoms with Crippen LogP contribution in [0.5, 0.6) is 11.5 Å². The summed E-state index contributed by atoms with van der Waals surface area (Å²) < 4.78 is 11.4. The second-order valence-electron chi connectivity index (χ2n) is 8.61. The monoisotopic (exact) mass is 481 g/mol. The van der Waals surface area contributed by atoms with Gasteiger partial charge in [0.05, 0.1) is 23.0 Å². The fourth-order valence-corrected chi connectivity index (χ4v) is 4.56. The minimum atomic E-state index is -0.176. The van der Waals surface area contributed by atoms with Crippen LogP contribution in [0.25, 0.3) is 22.2 Å². The summed E-state index contributed by atoms with van der Waals surface area (Å²) in [5.41, 5.74) is 3.16. The molecule has 180 valence electrons. The van der Waals surface area contributed by atoms with Crippen molar-refractivity contribution in [2.24, 2.45) is 0 Å². The molecule has 2 aromatic carbocycles. The second-order valence-corrected chi connectivity index (χ2v) is 8.61. The number of pyridine rings is 1. The first-order chi connectivity index (χ1) is 17.7. The van der Waals surface area contributed by atoms with Crippen molar-refractivity contribution in [3.63, 3.8) is 0 Å². The van der Waals surface area contributed by atoms with Gasteiger partial charge in [-0.15, -0.1) is 0 Å². The molecule has 6 rings (SSSR count). The minimum absolute atomic E-state index is 0.0843. The van der Waals surface area contributed by atoms with Crippen LogP contribution in [0, 0.1) is 0 Å². The smallest absolute Gasteiger partial charge is 0.274 e. The third-order valence-corrected chi connectivity index (χ3v) is 6.42. The molecule has 4 heterocycles. The van der Waals surface area contributed by atoms with Crippen LogP contribution in [0.15, 0.2) is 67.1 Å². The number of nitrogens with zero attached hydrogens (tertiary/aromatic N) is 5. The van der Waals surface area contributed by atoms with E-state index in [1.54, 1.807) is 9.80 Å². The highest BCUT2D eigenvalue weighted by Gasteiger charge is 2.27. The molecule has 36 heavy (non-hydrogen) atoms. The van der Waals surface area contributed by atoms with Crippen molar-refractivity contribution >= 4 is 22.7 Å². The topological polar surface area (TPSA) is 97.8 Å². The van der Waals surface area contributed by atoms with Crippen LogP contribution in [0.4, 0.5) is 0 Å². The Morgan fingerprint density at radius 3 is 2.33 bits per heavy atom. The fourth-order valence-electron chi connectivity index (χ4n) is 4.56. The van der Waals surface area contributed by atoms with Crippen LogP contribution in [-0.4, -0.2) is 76.0 Å². The molecule has 0 aliphatic carbocycles. The van der Waals surface area contributed by atoms with Crippen molar-refractivity contribution in [3.8, 4) is 22.8 Å². The summed E-state index contributed by atoms with van der Waals surface area (Å²) in [7, 11) is 0. The van der Waals surface area contributed by atoms with Gasteiger partial charge in [0.1, 0.15) is 18.9 Å². The van der Waals surface area contributed by atoms with E-state index in [1.807, 2.05) is 48.5 Å². The number of piperazine rings is 1. The van der Waals surface area contributed by atoms with Crippen molar-refractivity contribution in [1.82, 2.24) is 24.8 Å². The van der Waals surface area contributed by atoms with Crippen LogP contribution in [0.1, 0.15) is 20.8 Å². The summed E-state index contributed by atoms with van der Waals surface area (Å²) in [6, 6.07) is 15.2. The quantitative estimate of drug-likeness (QED) is 0.444. The van der Waals surface area contributed by atoms with Crippen molar-refractivity contribution in [2.75, 3.05) is 39.4 Å². The highest BCUT2D eigenvalue weighted by atomic mass is 16.6. The van der Waals surface area contributed by atoms with E-state index in [-0.39, 0.29) is 11.8 Å². The van der Waals surface area contributed by atoms with Gasteiger partial charge in [0.25, 0.3) is 11.8 Å². The number of rotatable bonds is 3. The maximum Gasteiger partial charge on any atom is 0.274 e. The fraction of sp³-hybridized carbons (Fsp3) is 0.222. The standard InChI is InChI=1S/C27H23N5O4/c33-26(31-9-11-32(12-10-31)27(34)23-17-28-7-8-29-23)20-16-22(30-21-4-2-1-3-19(20)21)18-5-6-24-25(15-18)36-14-13-35-24/h1-8,15-17H,9-14H2. The molecule has 1 fully saturated rings. The molecule has 0 unspecified atom stereocenters. The average Bonchev–Trinajstić information content (AvgIpc) is 2.96. The van der Waals surface area contributed by atoms with Gasteiger partial charge in [0.15, 0.2) is 11.5 Å². The van der Waals surface area contributed by atoms with Crippen molar-refractivity contribution in [2.45, 2.75) is 0 Å². The molecule has 9 heteroatoms. The lowest BCUT2D eigenvalue weighted by Gasteiger charge is -2.34. The van der Waals surface area contributed by atoms with Crippen LogP contribution < -0.4 is 9.47 Å². The highest BCUT2D eigenvalue weighted by Crippen LogP contribution is 2.35. The summed E-state index contributed by atoms with van der Waals surface area (Å²) in [6.45, 7) is 2.74. The molecule has 2 aliphatic rings. The maximum atomic E-state index is 13.7. The zero-order chi connectivity index (χ0) is 24.5. The molecule has 0 saturated carbocycles. The molecule has 1 saturated heterocycles. The van der Waals surface area contributed by atoms with E-state index in [2.05, 4.69) is 9.97 Å². The van der Waals surface area contributed by atoms with Crippen molar-refractivity contribution < 1.29 is 19.1 Å². The number of carbonyl (C=O) groups excluding carboxylic acids is 2. The lowest BCUT2D eigenvalue weighted by Crippen LogP contribution is -2.50. The Balaban J connectivity index is 1.28. The Morgan fingerprint density at radius 2 is 1.56 bits per heavy atom. The third kappa shape index (κ3) is 4.08. The van der Waals surface area contributed by atoms with Gasteiger partial charge in [-0.2, -0.15) is 0 Å². The number of fused-ring (bicyclic) bond motifs is 2. The molecular formula is C27H23N5O4. The number of carbonyl (C=O) groups is 2. The molecule has 0 atom stereocenters. The molecular weight excluding hydrogens is 458 g/mol. The van der Waals surface area contributed by atoms with Crippen molar-refractivity contribution in [3.05, 3.63) is 78.4 Å². The maximum absolute atomic E-state index is 13.7. The molecule has 0 radical (unpaired) electrons. The number of ether oxygens (including phenoxy) is 2. The SMILES string of the molecule is O=C(c1cnccn1)N1CCN(C(=O)c2cc(-c3ccc4c(c3)OCCO4)nc3ccccc23)CC1. The first kappa shape index (κ1) is 22.0. The summed E-state index contributed by atoms with van der Waals surface area (Å²) in [5.74, 6) is 1.12. The van der Waals surface area contributed by atoms with E-state index < -0.39 is 0 Å². The van der Waals surface area contributed by atoms with Gasteiger partial charge >= 0.3 is 0 Å². The number of hydrogen-bond acceptors (Lipinski definition) is 7. The number of para-hydroxylation sites is 1. The lowest BCUT2D eigenvalue weighted by atomic mass is 10.0. The van der Waals surface area contributed by atoms with E-state index >= 15 is 0 Å². The van der Waals surface area contributed by atoms with E-state index in [9.17, 15) is 9.59 Å². The Morgan fingerprint density at radius 1 is 0.806 bits per heavy atom. The number of amides is 2. The van der Waals surface area contributed by atoms with Crippen LogP contribution in [-0.2, 0) is 0 Å². The average molecular weight is 482 g/mol. The largest absolute Gasteiger partial charge is 0.486 e. The van der Waals surface area contributed by atoms with Gasteiger partial charge in [-0.05, 0) is 30.3 Å². The molecule has 9 nitrogen and oxygen atoms in total. The third-order valence-electron chi connectivity index (χ3n) is 6.42. The normalized spacial score (nSPS) is 15.1. The van der Waals surface area contributed by atoms with Crippen LogP contribution >= 0.6 is 0 Å². The molecule has 0 N–H and O–H groups in total. The first-order valence-electron chi connectivity index (χ1n) is 11.8. The number of benzene rings is 2. The van der Waals surface area contributed by atoms with Crippen LogP contribution in [0.2, 0.25) is 0 Å². The Labute approximate surface area is 207 Å². The number of hydrogen-bond donors (Lipinski definition) is 0. The second kappa shape index (κ2) is 9.26. The van der Waals surface area contributed by atoms with E-state index in [0.717, 1.165) is 16.5 Å². The number of aromatic nitrogens is 3. The summed E-state index contributed by atoms with van der Waals surface area (Å²) in [5, 5.41) is 0.793. The predicted octanol–water partition coefficient (Wildman–Crippen LogP) is 3.06.